The third-order valence-electron chi connectivity index (χ3n) is 5.11. The molecule has 1 saturated heterocycles. The van der Waals surface area contributed by atoms with Gasteiger partial charge < -0.3 is 10.4 Å². The largest absolute Gasteiger partial charge is 0.393 e. The molecule has 0 aromatic heterocycles. The molecule has 2 rings (SSSR count). The first-order valence-corrected chi connectivity index (χ1v) is 8.11. The highest BCUT2D eigenvalue weighted by atomic mass is 16.3. The van der Waals surface area contributed by atoms with Crippen molar-refractivity contribution in [3.8, 4) is 0 Å². The van der Waals surface area contributed by atoms with Crippen LogP contribution in [0.25, 0.3) is 0 Å². The summed E-state index contributed by atoms with van der Waals surface area (Å²) in [6, 6.07) is 0.834. The first-order valence-electron chi connectivity index (χ1n) is 8.11. The second kappa shape index (κ2) is 6.44. The lowest BCUT2D eigenvalue weighted by Crippen LogP contribution is -2.58. The molecule has 4 nitrogen and oxygen atoms in total. The van der Waals surface area contributed by atoms with E-state index < -0.39 is 0 Å². The highest BCUT2D eigenvalue weighted by molar-refractivity contribution is 5.78. The summed E-state index contributed by atoms with van der Waals surface area (Å²) >= 11 is 0. The fourth-order valence-corrected chi connectivity index (χ4v) is 3.46. The van der Waals surface area contributed by atoms with Crippen molar-refractivity contribution in [3.05, 3.63) is 0 Å². The molecule has 5 atom stereocenters. The summed E-state index contributed by atoms with van der Waals surface area (Å²) in [5.41, 5.74) is 0. The van der Waals surface area contributed by atoms with Crippen LogP contribution in [0.15, 0.2) is 0 Å². The minimum atomic E-state index is -0.299. The van der Waals surface area contributed by atoms with Crippen LogP contribution >= 0.6 is 0 Å². The maximum absolute atomic E-state index is 11.9. The van der Waals surface area contributed by atoms with E-state index in [9.17, 15) is 9.90 Å². The Hall–Kier alpha value is -0.610. The molecule has 5 unspecified atom stereocenters. The molecular formula is C16H30N2O2. The van der Waals surface area contributed by atoms with Gasteiger partial charge in [-0.05, 0) is 38.0 Å². The molecule has 1 aliphatic carbocycles. The number of likely N-dealkylation sites (tertiary alicyclic amines) is 1. The summed E-state index contributed by atoms with van der Waals surface area (Å²) in [5, 5.41) is 13.1. The van der Waals surface area contributed by atoms with E-state index >= 15 is 0 Å². The SMILES string of the molecule is CC(C)C(=O)NC1CC(C(C)O)CN(C2CCC2C)C1. The van der Waals surface area contributed by atoms with Gasteiger partial charge in [0.15, 0.2) is 0 Å². The molecule has 1 aliphatic heterocycles. The van der Waals surface area contributed by atoms with Crippen molar-refractivity contribution in [3.63, 3.8) is 0 Å². The molecule has 0 aromatic carbocycles. The fourth-order valence-electron chi connectivity index (χ4n) is 3.46. The van der Waals surface area contributed by atoms with Gasteiger partial charge in [0, 0.05) is 31.1 Å². The lowest BCUT2D eigenvalue weighted by molar-refractivity contribution is -0.125. The summed E-state index contributed by atoms with van der Waals surface area (Å²) in [6.07, 6.45) is 3.17. The minimum absolute atomic E-state index is 0.0259. The Kier molecular flexibility index (Phi) is 5.08. The van der Waals surface area contributed by atoms with E-state index in [1.165, 1.54) is 12.8 Å². The average Bonchev–Trinajstić information content (AvgIpc) is 2.36. The molecule has 116 valence electrons. The molecule has 1 amide bonds. The second-order valence-corrected chi connectivity index (χ2v) is 7.17. The molecule has 4 heteroatoms. The Morgan fingerprint density at radius 3 is 2.40 bits per heavy atom. The number of piperidine rings is 1. The van der Waals surface area contributed by atoms with Crippen LogP contribution < -0.4 is 5.32 Å². The molecule has 0 bridgehead atoms. The Morgan fingerprint density at radius 2 is 1.95 bits per heavy atom. The van der Waals surface area contributed by atoms with Crippen molar-refractivity contribution in [2.45, 2.75) is 65.1 Å². The zero-order valence-electron chi connectivity index (χ0n) is 13.3. The number of amides is 1. The Labute approximate surface area is 122 Å². The van der Waals surface area contributed by atoms with Crippen molar-refractivity contribution < 1.29 is 9.90 Å². The van der Waals surface area contributed by atoms with Gasteiger partial charge in [-0.2, -0.15) is 0 Å². The zero-order valence-corrected chi connectivity index (χ0v) is 13.3. The van der Waals surface area contributed by atoms with E-state index in [0.717, 1.165) is 25.4 Å². The lowest BCUT2D eigenvalue weighted by Gasteiger charge is -2.49. The van der Waals surface area contributed by atoms with Gasteiger partial charge in [0.05, 0.1) is 6.10 Å². The average molecular weight is 282 g/mol. The number of carbonyl (C=O) groups excluding carboxylic acids is 1. The highest BCUT2D eigenvalue weighted by Gasteiger charge is 2.39. The summed E-state index contributed by atoms with van der Waals surface area (Å²) in [5.74, 6) is 1.18. The monoisotopic (exact) mass is 282 g/mol. The summed E-state index contributed by atoms with van der Waals surface area (Å²) in [4.78, 5) is 14.4. The Morgan fingerprint density at radius 1 is 1.25 bits per heavy atom. The number of nitrogens with one attached hydrogen (secondary N) is 1. The van der Waals surface area contributed by atoms with Crippen LogP contribution in [0.3, 0.4) is 0 Å². The molecule has 2 aliphatic rings. The van der Waals surface area contributed by atoms with Gasteiger partial charge in [-0.25, -0.2) is 0 Å². The van der Waals surface area contributed by atoms with Crippen LogP contribution in [0.1, 0.15) is 47.0 Å². The van der Waals surface area contributed by atoms with Crippen molar-refractivity contribution in [1.82, 2.24) is 10.2 Å². The maximum atomic E-state index is 11.9. The first-order chi connectivity index (χ1) is 9.38. The van der Waals surface area contributed by atoms with E-state index in [2.05, 4.69) is 17.1 Å². The smallest absolute Gasteiger partial charge is 0.222 e. The maximum Gasteiger partial charge on any atom is 0.222 e. The Balaban J connectivity index is 1.99. The molecular weight excluding hydrogens is 252 g/mol. The Bertz CT molecular complexity index is 343. The predicted molar refractivity (Wildman–Crippen MR) is 80.3 cm³/mol. The van der Waals surface area contributed by atoms with Gasteiger partial charge in [0.25, 0.3) is 0 Å². The quantitative estimate of drug-likeness (QED) is 0.824. The molecule has 0 radical (unpaired) electrons. The number of rotatable bonds is 4. The molecule has 0 aromatic rings. The number of carbonyl (C=O) groups is 1. The standard InChI is InChI=1S/C16H30N2O2/c1-10(2)16(20)17-14-7-13(12(4)19)8-18(9-14)15-6-5-11(15)3/h10-15,19H,5-9H2,1-4H3,(H,17,20). The van der Waals surface area contributed by atoms with Crippen molar-refractivity contribution in [1.29, 1.82) is 0 Å². The van der Waals surface area contributed by atoms with Crippen LogP contribution in [0.5, 0.6) is 0 Å². The van der Waals surface area contributed by atoms with E-state index in [-0.39, 0.29) is 29.9 Å². The van der Waals surface area contributed by atoms with Crippen LogP contribution in [-0.4, -0.2) is 47.2 Å². The fraction of sp³-hybridized carbons (Fsp3) is 0.938. The summed E-state index contributed by atoms with van der Waals surface area (Å²) in [6.45, 7) is 9.95. The topological polar surface area (TPSA) is 52.6 Å². The van der Waals surface area contributed by atoms with Crippen molar-refractivity contribution in [2.24, 2.45) is 17.8 Å². The van der Waals surface area contributed by atoms with Gasteiger partial charge >= 0.3 is 0 Å². The van der Waals surface area contributed by atoms with Crippen LogP contribution in [0.2, 0.25) is 0 Å². The van der Waals surface area contributed by atoms with E-state index in [0.29, 0.717) is 6.04 Å². The molecule has 2 fully saturated rings. The van der Waals surface area contributed by atoms with Gasteiger partial charge in [0.1, 0.15) is 0 Å². The number of hydrogen-bond donors (Lipinski definition) is 2. The van der Waals surface area contributed by atoms with E-state index in [1.54, 1.807) is 0 Å². The number of aliphatic hydroxyl groups excluding tert-OH is 1. The molecule has 20 heavy (non-hydrogen) atoms. The second-order valence-electron chi connectivity index (χ2n) is 7.17. The van der Waals surface area contributed by atoms with Crippen molar-refractivity contribution in [2.75, 3.05) is 13.1 Å². The zero-order chi connectivity index (χ0) is 14.9. The summed E-state index contributed by atoms with van der Waals surface area (Å²) < 4.78 is 0. The minimum Gasteiger partial charge on any atom is -0.393 e. The summed E-state index contributed by atoms with van der Waals surface area (Å²) in [7, 11) is 0. The third-order valence-corrected chi connectivity index (χ3v) is 5.11. The van der Waals surface area contributed by atoms with E-state index in [4.69, 9.17) is 0 Å². The van der Waals surface area contributed by atoms with Crippen LogP contribution in [-0.2, 0) is 4.79 Å². The number of aliphatic hydroxyl groups is 1. The van der Waals surface area contributed by atoms with Gasteiger partial charge in [0.2, 0.25) is 5.91 Å². The van der Waals surface area contributed by atoms with Crippen molar-refractivity contribution >= 4 is 5.91 Å². The predicted octanol–water partition coefficient (Wildman–Crippen LogP) is 1.63. The number of hydrogen-bond acceptors (Lipinski definition) is 3. The van der Waals surface area contributed by atoms with Crippen LogP contribution in [0, 0.1) is 17.8 Å². The molecule has 2 N–H and O–H groups in total. The van der Waals surface area contributed by atoms with Gasteiger partial charge in [-0.3, -0.25) is 9.69 Å². The van der Waals surface area contributed by atoms with E-state index in [1.807, 2.05) is 20.8 Å². The molecule has 1 heterocycles. The highest BCUT2D eigenvalue weighted by Crippen LogP contribution is 2.34. The normalized spacial score (nSPS) is 36.5. The van der Waals surface area contributed by atoms with Gasteiger partial charge in [-0.1, -0.05) is 20.8 Å². The van der Waals surface area contributed by atoms with Crippen LogP contribution in [0.4, 0.5) is 0 Å². The lowest BCUT2D eigenvalue weighted by atomic mass is 9.77. The number of nitrogens with zero attached hydrogens (tertiary/aromatic N) is 1. The molecule has 0 spiro atoms. The molecule has 1 saturated carbocycles. The third kappa shape index (κ3) is 3.53. The van der Waals surface area contributed by atoms with Gasteiger partial charge in [-0.15, -0.1) is 0 Å². The first kappa shape index (κ1) is 15.8.